The number of methoxy groups -OCH3 is 1. The average molecular weight is 557 g/mol. The van der Waals surface area contributed by atoms with Crippen LogP contribution >= 0.6 is 11.3 Å². The van der Waals surface area contributed by atoms with Crippen molar-refractivity contribution in [2.75, 3.05) is 12.4 Å². The van der Waals surface area contributed by atoms with E-state index in [4.69, 9.17) is 4.74 Å². The molecule has 1 atom stereocenters. The second-order valence-electron chi connectivity index (χ2n) is 9.18. The Balaban J connectivity index is 0.00000205. The molecule has 4 rings (SSSR count). The van der Waals surface area contributed by atoms with Gasteiger partial charge in [-0.1, -0.05) is 63.1 Å². The Morgan fingerprint density at radius 1 is 1.03 bits per heavy atom. The zero-order valence-electron chi connectivity index (χ0n) is 23.0. The molecule has 0 saturated heterocycles. The average Bonchev–Trinajstić information content (AvgIpc) is 3.39. The predicted octanol–water partition coefficient (Wildman–Crippen LogP) is 8.91. The highest BCUT2D eigenvalue weighted by Gasteiger charge is 2.34. The van der Waals surface area contributed by atoms with E-state index in [1.165, 1.54) is 35.6 Å². The molecule has 1 unspecified atom stereocenters. The first-order valence-corrected chi connectivity index (χ1v) is 13.9. The highest BCUT2D eigenvalue weighted by molar-refractivity contribution is 7.14. The van der Waals surface area contributed by atoms with Crippen molar-refractivity contribution in [3.63, 3.8) is 0 Å². The van der Waals surface area contributed by atoms with Gasteiger partial charge >= 0.3 is 12.2 Å². The summed E-state index contributed by atoms with van der Waals surface area (Å²) in [6.45, 7) is 8.07. The minimum Gasteiger partial charge on any atom is -0.467 e. The number of aromatic nitrogens is 3. The van der Waals surface area contributed by atoms with Gasteiger partial charge in [-0.2, -0.15) is 13.2 Å². The molecule has 208 valence electrons. The van der Waals surface area contributed by atoms with Crippen molar-refractivity contribution in [1.29, 1.82) is 0 Å². The van der Waals surface area contributed by atoms with E-state index in [1.807, 2.05) is 20.8 Å². The Bertz CT molecular complexity index is 1310. The first-order valence-electron chi connectivity index (χ1n) is 13.1. The van der Waals surface area contributed by atoms with Crippen LogP contribution in [0.25, 0.3) is 11.3 Å². The van der Waals surface area contributed by atoms with Crippen LogP contribution in [0, 0.1) is 12.8 Å². The maximum absolute atomic E-state index is 13.9. The fourth-order valence-electron chi connectivity index (χ4n) is 4.12. The van der Waals surface area contributed by atoms with E-state index in [2.05, 4.69) is 51.5 Å². The number of hydrogen-bond donors (Lipinski definition) is 1. The number of rotatable bonds is 10. The lowest BCUT2D eigenvalue weighted by Crippen LogP contribution is -2.12. The molecule has 9 heteroatoms. The highest BCUT2D eigenvalue weighted by atomic mass is 32.1. The molecule has 5 nitrogen and oxygen atoms in total. The summed E-state index contributed by atoms with van der Waals surface area (Å²) in [6, 6.07) is 13.1. The molecular weight excluding hydrogens is 521 g/mol. The van der Waals surface area contributed by atoms with Gasteiger partial charge in [0.25, 0.3) is 0 Å². The Labute approximate surface area is 232 Å². The van der Waals surface area contributed by atoms with Crippen LogP contribution in [-0.2, 0) is 19.0 Å². The van der Waals surface area contributed by atoms with Crippen molar-refractivity contribution in [3.8, 4) is 17.3 Å². The van der Waals surface area contributed by atoms with Crippen LogP contribution in [0.1, 0.15) is 55.9 Å². The van der Waals surface area contributed by atoms with Crippen molar-refractivity contribution in [2.45, 2.75) is 59.6 Å². The molecule has 0 fully saturated rings. The number of benzene rings is 2. The van der Waals surface area contributed by atoms with E-state index in [1.54, 1.807) is 29.9 Å². The van der Waals surface area contributed by atoms with Crippen molar-refractivity contribution >= 4 is 22.2 Å². The summed E-state index contributed by atoms with van der Waals surface area (Å²) >= 11 is 1.30. The van der Waals surface area contributed by atoms with Gasteiger partial charge < -0.3 is 10.1 Å². The molecule has 2 aromatic carbocycles. The molecule has 0 radical (unpaired) electrons. The van der Waals surface area contributed by atoms with Gasteiger partial charge in [0.05, 0.1) is 18.4 Å². The molecule has 0 spiro atoms. The third-order valence-electron chi connectivity index (χ3n) is 6.13. The number of halogens is 3. The van der Waals surface area contributed by atoms with E-state index in [0.717, 1.165) is 19.3 Å². The summed E-state index contributed by atoms with van der Waals surface area (Å²) < 4.78 is 46.8. The van der Waals surface area contributed by atoms with E-state index in [-0.39, 0.29) is 11.9 Å². The highest BCUT2D eigenvalue weighted by Crippen LogP contribution is 2.36. The number of ether oxygens (including phenoxy) is 1. The molecule has 0 bridgehead atoms. The van der Waals surface area contributed by atoms with E-state index >= 15 is 0 Å². The first kappa shape index (κ1) is 30.1. The molecule has 0 aliphatic heterocycles. The van der Waals surface area contributed by atoms with Gasteiger partial charge in [-0.05, 0) is 55.4 Å². The van der Waals surface area contributed by atoms with Gasteiger partial charge in [-0.25, -0.2) is 15.0 Å². The van der Waals surface area contributed by atoms with Crippen LogP contribution in [0.4, 0.5) is 24.0 Å². The lowest BCUT2D eigenvalue weighted by molar-refractivity contribution is -0.138. The van der Waals surface area contributed by atoms with Crippen LogP contribution in [0.2, 0.25) is 0 Å². The number of nitrogens with zero attached hydrogens (tertiary/aromatic N) is 3. The Hall–Kier alpha value is -3.46. The Kier molecular flexibility index (Phi) is 10.9. The third-order valence-corrected chi connectivity index (χ3v) is 6.89. The zero-order chi connectivity index (χ0) is 28.4. The normalized spacial score (nSPS) is 11.9. The summed E-state index contributed by atoms with van der Waals surface area (Å²) in [6.07, 6.45) is 1.84. The monoisotopic (exact) mass is 556 g/mol. The maximum Gasteiger partial charge on any atom is 0.416 e. The Morgan fingerprint density at radius 2 is 1.72 bits per heavy atom. The molecule has 39 heavy (non-hydrogen) atoms. The smallest absolute Gasteiger partial charge is 0.416 e. The summed E-state index contributed by atoms with van der Waals surface area (Å²) in [4.78, 5) is 12.6. The van der Waals surface area contributed by atoms with Crippen LogP contribution < -0.4 is 10.1 Å². The SMILES string of the molecule is CC.COc1ncc(-c2csc(Nc3ccc(CC(C)CCCc4ccc(C)cc4)c(C(F)(F)F)c3)n2)cn1. The molecular formula is C30H35F3N4OS. The van der Waals surface area contributed by atoms with Gasteiger partial charge in [-0.15, -0.1) is 11.3 Å². The summed E-state index contributed by atoms with van der Waals surface area (Å²) in [5, 5.41) is 5.29. The molecule has 0 aliphatic rings. The molecule has 2 heterocycles. The number of thiazole rings is 1. The minimum absolute atomic E-state index is 0.138. The molecule has 0 aliphatic carbocycles. The molecule has 4 aromatic rings. The second kappa shape index (κ2) is 14.1. The van der Waals surface area contributed by atoms with Gasteiger partial charge in [0.1, 0.15) is 0 Å². The summed E-state index contributed by atoms with van der Waals surface area (Å²) in [5.41, 5.74) is 3.84. The number of hydrogen-bond acceptors (Lipinski definition) is 6. The molecule has 2 aromatic heterocycles. The van der Waals surface area contributed by atoms with Crippen molar-refractivity contribution in [3.05, 3.63) is 82.5 Å². The molecule has 0 amide bonds. The van der Waals surface area contributed by atoms with Gasteiger partial charge in [-0.3, -0.25) is 0 Å². The topological polar surface area (TPSA) is 59.9 Å². The van der Waals surface area contributed by atoms with Crippen molar-refractivity contribution in [1.82, 2.24) is 15.0 Å². The van der Waals surface area contributed by atoms with Crippen LogP contribution in [0.15, 0.2) is 60.2 Å². The first-order chi connectivity index (χ1) is 18.7. The molecule has 0 saturated carbocycles. The fraction of sp³-hybridized carbons (Fsp3) is 0.367. The predicted molar refractivity (Wildman–Crippen MR) is 153 cm³/mol. The van der Waals surface area contributed by atoms with E-state index in [9.17, 15) is 13.2 Å². The van der Waals surface area contributed by atoms with Gasteiger partial charge in [0.15, 0.2) is 5.13 Å². The van der Waals surface area contributed by atoms with Crippen LogP contribution in [0.5, 0.6) is 6.01 Å². The second-order valence-corrected chi connectivity index (χ2v) is 10.0. The fourth-order valence-corrected chi connectivity index (χ4v) is 4.86. The standard InChI is InChI=1S/C28H29F3N4OS.C2H6/c1-18-7-9-20(10-8-18)6-4-5-19(2)13-21-11-12-23(14-24(21)28(29,30)31)34-27-35-25(17-37-27)22-15-32-26(36-3)33-16-22;1-2/h7-12,14-17,19H,4-6,13H2,1-3H3,(H,34,35);1-2H3. The van der Waals surface area contributed by atoms with Crippen molar-refractivity contribution in [2.24, 2.45) is 5.92 Å². The van der Waals surface area contributed by atoms with Crippen LogP contribution in [0.3, 0.4) is 0 Å². The lowest BCUT2D eigenvalue weighted by Gasteiger charge is -2.18. The quantitative estimate of drug-likeness (QED) is 0.211. The van der Waals surface area contributed by atoms with E-state index in [0.29, 0.717) is 34.1 Å². The van der Waals surface area contributed by atoms with Crippen LogP contribution in [-0.4, -0.2) is 22.1 Å². The summed E-state index contributed by atoms with van der Waals surface area (Å²) in [7, 11) is 1.48. The third kappa shape index (κ3) is 8.78. The lowest BCUT2D eigenvalue weighted by atomic mass is 9.92. The number of anilines is 2. The maximum atomic E-state index is 13.9. The summed E-state index contributed by atoms with van der Waals surface area (Å²) in [5.74, 6) is 0.138. The Morgan fingerprint density at radius 3 is 2.36 bits per heavy atom. The van der Waals surface area contributed by atoms with Crippen molar-refractivity contribution < 1.29 is 17.9 Å². The van der Waals surface area contributed by atoms with Gasteiger partial charge in [0.2, 0.25) is 0 Å². The number of aryl methyl sites for hydroxylation is 2. The number of alkyl halides is 3. The molecule has 1 N–H and O–H groups in total. The van der Waals surface area contributed by atoms with E-state index < -0.39 is 11.7 Å². The zero-order valence-corrected chi connectivity index (χ0v) is 23.8. The van der Waals surface area contributed by atoms with Gasteiger partial charge in [0, 0.05) is 29.0 Å². The number of nitrogens with one attached hydrogen (secondary N) is 1. The minimum atomic E-state index is -4.44. The largest absolute Gasteiger partial charge is 0.467 e.